The van der Waals surface area contributed by atoms with Crippen LogP contribution in [0.4, 0.5) is 22.0 Å². The van der Waals surface area contributed by atoms with E-state index in [0.717, 1.165) is 6.07 Å². The molecule has 0 aliphatic heterocycles. The number of halogens is 6. The normalized spacial score (nSPS) is 11.6. The Labute approximate surface area is 91.3 Å². The highest BCUT2D eigenvalue weighted by Crippen LogP contribution is 2.37. The second-order valence-electron chi connectivity index (χ2n) is 2.67. The average Bonchev–Trinajstić information content (AvgIpc) is 2.14. The van der Waals surface area contributed by atoms with Crippen LogP contribution in [0, 0.1) is 11.3 Å². The zero-order chi connectivity index (χ0) is 12.5. The Kier molecular flexibility index (Phi) is 3.33. The first-order valence-electron chi connectivity index (χ1n) is 3.73. The maximum absolute atomic E-state index is 12.4. The molecule has 0 saturated carbocycles. The largest absolute Gasteiger partial charge is 0.420 e. The zero-order valence-corrected chi connectivity index (χ0v) is 8.07. The van der Waals surface area contributed by atoms with Gasteiger partial charge in [-0.05, 0) is 6.07 Å². The molecule has 0 aliphatic carbocycles. The van der Waals surface area contributed by atoms with Gasteiger partial charge in [0.1, 0.15) is 16.4 Å². The van der Waals surface area contributed by atoms with E-state index in [-0.39, 0.29) is 0 Å². The van der Waals surface area contributed by atoms with Gasteiger partial charge in [0.15, 0.2) is 0 Å². The Hall–Kier alpha value is -1.42. The average molecular weight is 257 g/mol. The summed E-state index contributed by atoms with van der Waals surface area (Å²) in [7, 11) is 0. The van der Waals surface area contributed by atoms with Crippen LogP contribution < -0.4 is 0 Å². The second kappa shape index (κ2) is 4.22. The fraction of sp³-hybridized carbons (Fsp3) is 0.250. The second-order valence-corrected chi connectivity index (χ2v) is 3.03. The lowest BCUT2D eigenvalue weighted by Gasteiger charge is -2.11. The molecule has 16 heavy (non-hydrogen) atoms. The molecule has 1 aromatic heterocycles. The van der Waals surface area contributed by atoms with Gasteiger partial charge < -0.3 is 0 Å². The minimum Gasteiger partial charge on any atom is -0.234 e. The molecule has 0 bridgehead atoms. The van der Waals surface area contributed by atoms with Crippen molar-refractivity contribution >= 4 is 11.6 Å². The van der Waals surface area contributed by atoms with Crippen LogP contribution >= 0.6 is 11.6 Å². The predicted octanol–water partition coefficient (Wildman–Crippen LogP) is 3.56. The Balaban J connectivity index is 3.49. The smallest absolute Gasteiger partial charge is 0.234 e. The molecule has 2 nitrogen and oxygen atoms in total. The van der Waals surface area contributed by atoms with Crippen molar-refractivity contribution in [1.82, 2.24) is 4.98 Å². The van der Waals surface area contributed by atoms with Crippen molar-refractivity contribution in [3.05, 3.63) is 28.0 Å². The first-order valence-corrected chi connectivity index (χ1v) is 4.11. The van der Waals surface area contributed by atoms with E-state index in [1.165, 1.54) is 0 Å². The summed E-state index contributed by atoms with van der Waals surface area (Å²) in [6.07, 6.45) is -8.00. The minimum absolute atomic E-state index is 0.374. The molecule has 0 N–H and O–H groups in total. The quantitative estimate of drug-likeness (QED) is 0.569. The molecule has 0 saturated heterocycles. The lowest BCUT2D eigenvalue weighted by Crippen LogP contribution is -2.11. The van der Waals surface area contributed by atoms with Gasteiger partial charge in [-0.15, -0.1) is 0 Å². The van der Waals surface area contributed by atoms with Gasteiger partial charge in [0.25, 0.3) is 6.43 Å². The van der Waals surface area contributed by atoms with Gasteiger partial charge >= 0.3 is 6.18 Å². The maximum atomic E-state index is 12.4. The molecule has 0 spiro atoms. The van der Waals surface area contributed by atoms with Gasteiger partial charge in [0.2, 0.25) is 0 Å². The standard InChI is InChI=1S/C8H2ClF5N2/c9-6-5(8(12,13)14)3(2-15)1-4(16-6)7(10)11/h1,7H. The fourth-order valence-corrected chi connectivity index (χ4v) is 1.31. The lowest BCUT2D eigenvalue weighted by atomic mass is 10.1. The number of pyridine rings is 1. The van der Waals surface area contributed by atoms with Crippen molar-refractivity contribution in [1.29, 1.82) is 5.26 Å². The van der Waals surface area contributed by atoms with Gasteiger partial charge in [-0.25, -0.2) is 13.8 Å². The summed E-state index contributed by atoms with van der Waals surface area (Å²) in [5.41, 5.74) is -3.43. The van der Waals surface area contributed by atoms with Crippen molar-refractivity contribution in [3.63, 3.8) is 0 Å². The topological polar surface area (TPSA) is 36.7 Å². The van der Waals surface area contributed by atoms with E-state index >= 15 is 0 Å². The van der Waals surface area contributed by atoms with Crippen molar-refractivity contribution in [2.75, 3.05) is 0 Å². The highest BCUT2D eigenvalue weighted by Gasteiger charge is 2.38. The van der Waals surface area contributed by atoms with Crippen LogP contribution in [0.15, 0.2) is 6.07 Å². The summed E-state index contributed by atoms with van der Waals surface area (Å²) in [4.78, 5) is 2.89. The van der Waals surface area contributed by atoms with Crippen molar-refractivity contribution in [2.24, 2.45) is 0 Å². The van der Waals surface area contributed by atoms with Gasteiger partial charge in [-0.3, -0.25) is 0 Å². The van der Waals surface area contributed by atoms with Gasteiger partial charge in [0, 0.05) is 0 Å². The molecule has 0 amide bonds. The molecule has 1 rings (SSSR count). The van der Waals surface area contributed by atoms with Crippen LogP contribution in [0.25, 0.3) is 0 Å². The fourth-order valence-electron chi connectivity index (χ4n) is 1.00. The van der Waals surface area contributed by atoms with E-state index in [1.807, 2.05) is 0 Å². The predicted molar refractivity (Wildman–Crippen MR) is 43.9 cm³/mol. The van der Waals surface area contributed by atoms with Gasteiger partial charge in [-0.2, -0.15) is 18.4 Å². The van der Waals surface area contributed by atoms with Crippen LogP contribution in [0.5, 0.6) is 0 Å². The zero-order valence-electron chi connectivity index (χ0n) is 7.32. The number of hydrogen-bond donors (Lipinski definition) is 0. The first kappa shape index (κ1) is 12.6. The summed E-state index contributed by atoms with van der Waals surface area (Å²) in [5, 5.41) is 7.28. The van der Waals surface area contributed by atoms with Gasteiger partial charge in [-0.1, -0.05) is 11.6 Å². The van der Waals surface area contributed by atoms with Crippen molar-refractivity contribution in [2.45, 2.75) is 12.6 Å². The Morgan fingerprint density at radius 3 is 2.31 bits per heavy atom. The van der Waals surface area contributed by atoms with Crippen molar-refractivity contribution in [3.8, 4) is 6.07 Å². The molecule has 0 unspecified atom stereocenters. The molecule has 1 aromatic rings. The first-order chi connectivity index (χ1) is 7.27. The van der Waals surface area contributed by atoms with Crippen LogP contribution in [0.3, 0.4) is 0 Å². The third-order valence-corrected chi connectivity index (χ3v) is 1.90. The van der Waals surface area contributed by atoms with Crippen molar-refractivity contribution < 1.29 is 22.0 Å². The van der Waals surface area contributed by atoms with Crippen LogP contribution in [-0.4, -0.2) is 4.98 Å². The number of alkyl halides is 5. The third-order valence-electron chi connectivity index (χ3n) is 1.62. The molecule has 0 aromatic carbocycles. The van der Waals surface area contributed by atoms with E-state index in [0.29, 0.717) is 6.07 Å². The monoisotopic (exact) mass is 256 g/mol. The van der Waals surface area contributed by atoms with E-state index in [4.69, 9.17) is 16.9 Å². The minimum atomic E-state index is -4.91. The van der Waals surface area contributed by atoms with E-state index < -0.39 is 34.6 Å². The summed E-state index contributed by atoms with van der Waals surface area (Å²) < 4.78 is 61.5. The summed E-state index contributed by atoms with van der Waals surface area (Å²) in [5.74, 6) is 0. The molecular weight excluding hydrogens is 255 g/mol. The Bertz CT molecular complexity index is 449. The van der Waals surface area contributed by atoms with Crippen LogP contribution in [0.2, 0.25) is 5.15 Å². The van der Waals surface area contributed by atoms with Crippen LogP contribution in [-0.2, 0) is 6.18 Å². The van der Waals surface area contributed by atoms with E-state index in [2.05, 4.69) is 4.98 Å². The summed E-state index contributed by atoms with van der Waals surface area (Å²) in [6, 6.07) is 1.53. The number of nitrogens with zero attached hydrogens (tertiary/aromatic N) is 2. The molecule has 8 heteroatoms. The van der Waals surface area contributed by atoms with E-state index in [1.54, 1.807) is 0 Å². The van der Waals surface area contributed by atoms with E-state index in [9.17, 15) is 22.0 Å². The molecule has 1 heterocycles. The highest BCUT2D eigenvalue weighted by molar-refractivity contribution is 6.30. The highest BCUT2D eigenvalue weighted by atomic mass is 35.5. The number of rotatable bonds is 1. The van der Waals surface area contributed by atoms with Gasteiger partial charge in [0.05, 0.1) is 11.6 Å². The molecule has 0 fully saturated rings. The Morgan fingerprint density at radius 1 is 1.38 bits per heavy atom. The SMILES string of the molecule is N#Cc1cc(C(F)F)nc(Cl)c1C(F)(F)F. The summed E-state index contributed by atoms with van der Waals surface area (Å²) >= 11 is 5.13. The van der Waals surface area contributed by atoms with Crippen LogP contribution in [0.1, 0.15) is 23.2 Å². The molecule has 0 radical (unpaired) electrons. The Morgan fingerprint density at radius 2 is 1.94 bits per heavy atom. The lowest BCUT2D eigenvalue weighted by molar-refractivity contribution is -0.138. The molecule has 0 atom stereocenters. The molecule has 0 aliphatic rings. The number of hydrogen-bond acceptors (Lipinski definition) is 2. The summed E-state index contributed by atoms with van der Waals surface area (Å²) in [6.45, 7) is 0. The number of nitriles is 1. The molecular formula is C8H2ClF5N2. The maximum Gasteiger partial charge on any atom is 0.420 e. The molecule has 86 valence electrons. The number of aromatic nitrogens is 1. The third kappa shape index (κ3) is 2.39.